The van der Waals surface area contributed by atoms with Gasteiger partial charge in [-0.25, -0.2) is 9.78 Å². The number of nitrogens with one attached hydrogen (secondary N) is 1. The zero-order valence-electron chi connectivity index (χ0n) is 11.3. The van der Waals surface area contributed by atoms with Crippen LogP contribution in [0.1, 0.15) is 20.8 Å². The lowest BCUT2D eigenvalue weighted by Gasteiger charge is -2.19. The number of ether oxygens (including phenoxy) is 1. The Bertz CT molecular complexity index is 663. The summed E-state index contributed by atoms with van der Waals surface area (Å²) in [6.45, 7) is 5.31. The molecular formula is C12H14ClN5O2. The van der Waals surface area contributed by atoms with E-state index >= 15 is 0 Å². The molecule has 0 aliphatic heterocycles. The summed E-state index contributed by atoms with van der Waals surface area (Å²) in [7, 11) is 0. The monoisotopic (exact) mass is 295 g/mol. The molecule has 0 spiro atoms. The summed E-state index contributed by atoms with van der Waals surface area (Å²) in [4.78, 5) is 15.8. The molecule has 106 valence electrons. The highest BCUT2D eigenvalue weighted by molar-refractivity contribution is 6.31. The van der Waals surface area contributed by atoms with Crippen LogP contribution in [0.15, 0.2) is 12.1 Å². The van der Waals surface area contributed by atoms with E-state index in [4.69, 9.17) is 22.1 Å². The van der Waals surface area contributed by atoms with Crippen LogP contribution in [0.3, 0.4) is 0 Å². The van der Waals surface area contributed by atoms with Crippen molar-refractivity contribution in [3.8, 4) is 0 Å². The van der Waals surface area contributed by atoms with Crippen molar-refractivity contribution < 1.29 is 9.53 Å². The van der Waals surface area contributed by atoms with Gasteiger partial charge in [-0.2, -0.15) is 0 Å². The molecule has 0 unspecified atom stereocenters. The third-order valence-electron chi connectivity index (χ3n) is 2.18. The number of anilines is 2. The quantitative estimate of drug-likeness (QED) is 0.838. The van der Waals surface area contributed by atoms with Gasteiger partial charge in [0.2, 0.25) is 5.95 Å². The number of hydrogen-bond donors (Lipinski definition) is 2. The molecule has 20 heavy (non-hydrogen) atoms. The number of carbonyl (C=O) groups excluding carboxylic acids is 1. The number of aromatic nitrogens is 3. The van der Waals surface area contributed by atoms with Gasteiger partial charge < -0.3 is 10.5 Å². The van der Waals surface area contributed by atoms with E-state index in [0.29, 0.717) is 21.7 Å². The lowest BCUT2D eigenvalue weighted by atomic mass is 10.2. The molecule has 0 atom stereocenters. The van der Waals surface area contributed by atoms with E-state index in [2.05, 4.69) is 20.5 Å². The highest BCUT2D eigenvalue weighted by Crippen LogP contribution is 2.25. The number of fused-ring (bicyclic) bond motifs is 1. The van der Waals surface area contributed by atoms with Crippen LogP contribution in [0.25, 0.3) is 11.0 Å². The molecule has 0 fully saturated rings. The average molecular weight is 296 g/mol. The predicted octanol–water partition coefficient (Wildman–Crippen LogP) is 2.61. The van der Waals surface area contributed by atoms with Crippen LogP contribution >= 0.6 is 11.6 Å². The van der Waals surface area contributed by atoms with Crippen LogP contribution in [-0.4, -0.2) is 26.9 Å². The first kappa shape index (κ1) is 14.3. The maximum atomic E-state index is 11.8. The van der Waals surface area contributed by atoms with E-state index in [1.54, 1.807) is 32.9 Å². The van der Waals surface area contributed by atoms with Crippen LogP contribution in [0.2, 0.25) is 5.02 Å². The summed E-state index contributed by atoms with van der Waals surface area (Å²) in [6.07, 6.45) is -0.611. The van der Waals surface area contributed by atoms with Crippen molar-refractivity contribution in [2.24, 2.45) is 0 Å². The van der Waals surface area contributed by atoms with Crippen molar-refractivity contribution in [1.82, 2.24) is 15.2 Å². The number of hydrogen-bond acceptors (Lipinski definition) is 6. The van der Waals surface area contributed by atoms with E-state index in [1.807, 2.05) is 0 Å². The van der Waals surface area contributed by atoms with Crippen molar-refractivity contribution >= 4 is 40.4 Å². The largest absolute Gasteiger partial charge is 0.444 e. The molecular weight excluding hydrogens is 282 g/mol. The highest BCUT2D eigenvalue weighted by atomic mass is 35.5. The van der Waals surface area contributed by atoms with E-state index in [0.717, 1.165) is 0 Å². The molecule has 0 radical (unpaired) electrons. The Hall–Kier alpha value is -2.15. The molecule has 1 amide bonds. The van der Waals surface area contributed by atoms with Crippen molar-refractivity contribution in [3.63, 3.8) is 0 Å². The van der Waals surface area contributed by atoms with Gasteiger partial charge in [-0.3, -0.25) is 5.32 Å². The minimum Gasteiger partial charge on any atom is -0.444 e. The van der Waals surface area contributed by atoms with E-state index in [9.17, 15) is 4.79 Å². The zero-order chi connectivity index (χ0) is 14.9. The third-order valence-corrected chi connectivity index (χ3v) is 2.40. The molecule has 2 rings (SSSR count). The summed E-state index contributed by atoms with van der Waals surface area (Å²) in [5.41, 5.74) is 6.05. The first-order valence-electron chi connectivity index (χ1n) is 5.84. The first-order chi connectivity index (χ1) is 9.24. The fraction of sp³-hybridized carbons (Fsp3) is 0.333. The number of rotatable bonds is 1. The SMILES string of the molecule is CC(C)(C)OC(=O)Nc1cc(Cl)cc2nc(N)nnc12. The Kier molecular flexibility index (Phi) is 3.63. The van der Waals surface area contributed by atoms with Crippen LogP contribution in [0, 0.1) is 0 Å². The Morgan fingerprint density at radius 3 is 2.70 bits per heavy atom. The van der Waals surface area contributed by atoms with Crippen LogP contribution in [0.4, 0.5) is 16.4 Å². The molecule has 0 saturated carbocycles. The lowest BCUT2D eigenvalue weighted by Crippen LogP contribution is -2.27. The number of nitrogen functional groups attached to an aromatic ring is 1. The molecule has 1 aromatic carbocycles. The maximum absolute atomic E-state index is 11.8. The smallest absolute Gasteiger partial charge is 0.412 e. The zero-order valence-corrected chi connectivity index (χ0v) is 12.0. The van der Waals surface area contributed by atoms with Crippen LogP contribution in [-0.2, 0) is 4.74 Å². The Balaban J connectivity index is 2.37. The van der Waals surface area contributed by atoms with Gasteiger partial charge in [0, 0.05) is 5.02 Å². The number of carbonyl (C=O) groups is 1. The van der Waals surface area contributed by atoms with E-state index < -0.39 is 11.7 Å². The minimum absolute atomic E-state index is 0.0305. The second kappa shape index (κ2) is 5.09. The third kappa shape index (κ3) is 3.45. The molecule has 0 saturated heterocycles. The molecule has 0 aliphatic rings. The van der Waals surface area contributed by atoms with E-state index in [-0.39, 0.29) is 5.95 Å². The summed E-state index contributed by atoms with van der Waals surface area (Å²) in [5, 5.41) is 10.5. The number of nitrogens with zero attached hydrogens (tertiary/aromatic N) is 3. The molecule has 3 N–H and O–H groups in total. The van der Waals surface area contributed by atoms with Crippen LogP contribution in [0.5, 0.6) is 0 Å². The van der Waals surface area contributed by atoms with Gasteiger partial charge in [0.05, 0.1) is 11.2 Å². The second-order valence-corrected chi connectivity index (χ2v) is 5.55. The van der Waals surface area contributed by atoms with Gasteiger partial charge >= 0.3 is 6.09 Å². The van der Waals surface area contributed by atoms with Gasteiger partial charge in [-0.15, -0.1) is 10.2 Å². The standard InChI is InChI=1S/C12H14ClN5O2/c1-12(2,3)20-11(19)16-8-5-6(13)4-7-9(8)17-18-10(14)15-7/h4-5H,1-3H3,(H,16,19)(H2,14,15,18). The first-order valence-corrected chi connectivity index (χ1v) is 6.22. The highest BCUT2D eigenvalue weighted by Gasteiger charge is 2.18. The molecule has 8 heteroatoms. The predicted molar refractivity (Wildman–Crippen MR) is 76.6 cm³/mol. The van der Waals surface area contributed by atoms with Gasteiger partial charge in [0.1, 0.15) is 11.1 Å². The molecule has 1 aromatic heterocycles. The topological polar surface area (TPSA) is 103 Å². The Labute approximate surface area is 120 Å². The fourth-order valence-corrected chi connectivity index (χ4v) is 1.74. The summed E-state index contributed by atoms with van der Waals surface area (Å²) >= 11 is 5.97. The van der Waals surface area contributed by atoms with Crippen molar-refractivity contribution in [2.45, 2.75) is 26.4 Å². The number of nitrogens with two attached hydrogens (primary N) is 1. The number of halogens is 1. The van der Waals surface area contributed by atoms with Gasteiger partial charge in [0.25, 0.3) is 0 Å². The number of benzene rings is 1. The van der Waals surface area contributed by atoms with Crippen molar-refractivity contribution in [1.29, 1.82) is 0 Å². The fourth-order valence-electron chi connectivity index (χ4n) is 1.53. The molecule has 2 aromatic rings. The van der Waals surface area contributed by atoms with Gasteiger partial charge in [-0.1, -0.05) is 11.6 Å². The Morgan fingerprint density at radius 1 is 1.35 bits per heavy atom. The van der Waals surface area contributed by atoms with Gasteiger partial charge in [-0.05, 0) is 32.9 Å². The van der Waals surface area contributed by atoms with Gasteiger partial charge in [0.15, 0.2) is 0 Å². The molecule has 0 aliphatic carbocycles. The second-order valence-electron chi connectivity index (χ2n) is 5.12. The summed E-state index contributed by atoms with van der Waals surface area (Å²) in [6, 6.07) is 3.13. The Morgan fingerprint density at radius 2 is 2.05 bits per heavy atom. The molecule has 7 nitrogen and oxygen atoms in total. The summed E-state index contributed by atoms with van der Waals surface area (Å²) in [5.74, 6) is 0.0305. The van der Waals surface area contributed by atoms with E-state index in [1.165, 1.54) is 0 Å². The normalized spacial score (nSPS) is 11.4. The average Bonchev–Trinajstić information content (AvgIpc) is 2.24. The molecule has 0 bridgehead atoms. The van der Waals surface area contributed by atoms with Crippen LogP contribution < -0.4 is 11.1 Å². The lowest BCUT2D eigenvalue weighted by molar-refractivity contribution is 0.0636. The summed E-state index contributed by atoms with van der Waals surface area (Å²) < 4.78 is 5.17. The number of amides is 1. The van der Waals surface area contributed by atoms with Crippen molar-refractivity contribution in [2.75, 3.05) is 11.1 Å². The maximum Gasteiger partial charge on any atom is 0.412 e. The molecule has 1 heterocycles. The van der Waals surface area contributed by atoms with Crippen molar-refractivity contribution in [3.05, 3.63) is 17.2 Å². The minimum atomic E-state index is -0.611.